The summed E-state index contributed by atoms with van der Waals surface area (Å²) in [5.74, 6) is 5.41. The molecule has 0 N–H and O–H groups in total. The standard InChI is InChI=1S/C24H40.3C2H6.3CH4/c1-17-9-14-23(3)20-11-15-24-12-5-4-6-18(24)7-8-21(24)19(20)10-13-22(23,2)16-17;3*1-2;;;/h17-21H,4-16H2,1-3H3;3*1-2H3;3*1H4/t17-,18?,19?,20?,21?,22+,23?,24?;;;;;;/m1....../s1. The van der Waals surface area contributed by atoms with Crippen LogP contribution in [0.15, 0.2) is 0 Å². The number of fused-ring (bicyclic) bond motifs is 4. The lowest BCUT2D eigenvalue weighted by Gasteiger charge is -2.66. The molecule has 33 heavy (non-hydrogen) atoms. The van der Waals surface area contributed by atoms with Crippen LogP contribution < -0.4 is 0 Å². The molecule has 0 heterocycles. The third-order valence-electron chi connectivity index (χ3n) is 11.0. The predicted molar refractivity (Wildman–Crippen MR) is 156 cm³/mol. The van der Waals surface area contributed by atoms with Crippen molar-refractivity contribution in [2.24, 2.45) is 45.8 Å². The molecule has 5 aliphatic carbocycles. The zero-order valence-corrected chi connectivity index (χ0v) is 22.6. The average molecular weight is 467 g/mol. The Labute approximate surface area is 213 Å². The van der Waals surface area contributed by atoms with E-state index in [1.807, 2.05) is 41.5 Å². The molecular formula is C33H70. The van der Waals surface area contributed by atoms with Crippen molar-refractivity contribution in [2.75, 3.05) is 0 Å². The maximum Gasteiger partial charge on any atom is -0.0238 e. The Morgan fingerprint density at radius 1 is 0.576 bits per heavy atom. The molecule has 0 nitrogen and oxygen atoms in total. The third-order valence-corrected chi connectivity index (χ3v) is 11.0. The van der Waals surface area contributed by atoms with Crippen LogP contribution >= 0.6 is 0 Å². The number of hydrogen-bond donors (Lipinski definition) is 0. The fraction of sp³-hybridized carbons (Fsp3) is 1.00. The van der Waals surface area contributed by atoms with Gasteiger partial charge in [-0.05, 0) is 110 Å². The van der Waals surface area contributed by atoms with Gasteiger partial charge in [-0.1, -0.05) is 104 Å². The van der Waals surface area contributed by atoms with Gasteiger partial charge in [0.15, 0.2) is 0 Å². The summed E-state index contributed by atoms with van der Waals surface area (Å²) in [7, 11) is 0. The first-order valence-electron chi connectivity index (χ1n) is 14.5. The van der Waals surface area contributed by atoms with Crippen molar-refractivity contribution in [1.29, 1.82) is 0 Å². The minimum atomic E-state index is 0. The summed E-state index contributed by atoms with van der Waals surface area (Å²) in [5.41, 5.74) is 2.14. The third kappa shape index (κ3) is 5.71. The fourth-order valence-corrected chi connectivity index (χ4v) is 9.65. The molecule has 0 amide bonds. The molecule has 6 unspecified atom stereocenters. The fourth-order valence-electron chi connectivity index (χ4n) is 9.65. The van der Waals surface area contributed by atoms with E-state index in [4.69, 9.17) is 0 Å². The second-order valence-corrected chi connectivity index (χ2v) is 11.5. The van der Waals surface area contributed by atoms with Crippen LogP contribution in [0.2, 0.25) is 0 Å². The van der Waals surface area contributed by atoms with Crippen LogP contribution in [0.25, 0.3) is 0 Å². The Morgan fingerprint density at radius 2 is 1.21 bits per heavy atom. The van der Waals surface area contributed by atoms with Crippen LogP contribution in [0.5, 0.6) is 0 Å². The van der Waals surface area contributed by atoms with Crippen molar-refractivity contribution in [1.82, 2.24) is 0 Å². The van der Waals surface area contributed by atoms with E-state index in [1.54, 1.807) is 64.2 Å². The van der Waals surface area contributed by atoms with Gasteiger partial charge in [0.25, 0.3) is 0 Å². The van der Waals surface area contributed by atoms with Crippen molar-refractivity contribution >= 4 is 0 Å². The van der Waals surface area contributed by atoms with E-state index in [2.05, 4.69) is 20.8 Å². The quantitative estimate of drug-likeness (QED) is 0.333. The normalized spacial score (nSPS) is 44.1. The van der Waals surface area contributed by atoms with Crippen molar-refractivity contribution in [2.45, 2.75) is 168 Å². The highest BCUT2D eigenvalue weighted by atomic mass is 14.7. The predicted octanol–water partition coefficient (Wildman–Crippen LogP) is 12.2. The molecule has 0 aromatic carbocycles. The van der Waals surface area contributed by atoms with Crippen LogP contribution in [0.4, 0.5) is 0 Å². The second-order valence-electron chi connectivity index (χ2n) is 11.5. The Morgan fingerprint density at radius 3 is 1.85 bits per heavy atom. The lowest BCUT2D eigenvalue weighted by atomic mass is 9.39. The minimum Gasteiger partial charge on any atom is -0.0776 e. The zero-order chi connectivity index (χ0) is 22.6. The van der Waals surface area contributed by atoms with Gasteiger partial charge in [0, 0.05) is 0 Å². The molecule has 0 heteroatoms. The lowest BCUT2D eigenvalue weighted by molar-refractivity contribution is -0.166. The van der Waals surface area contributed by atoms with E-state index in [0.717, 1.165) is 35.0 Å². The van der Waals surface area contributed by atoms with Crippen molar-refractivity contribution in [3.8, 4) is 0 Å². The summed E-state index contributed by atoms with van der Waals surface area (Å²) in [6.45, 7) is 20.0. The van der Waals surface area contributed by atoms with Crippen LogP contribution in [-0.2, 0) is 0 Å². The van der Waals surface area contributed by atoms with Gasteiger partial charge in [-0.2, -0.15) is 0 Å². The molecule has 0 aliphatic heterocycles. The van der Waals surface area contributed by atoms with Gasteiger partial charge in [0.05, 0.1) is 0 Å². The smallest absolute Gasteiger partial charge is 0.0238 e. The Balaban J connectivity index is 0. The molecule has 0 aromatic heterocycles. The number of hydrogen-bond acceptors (Lipinski definition) is 0. The van der Waals surface area contributed by atoms with Crippen LogP contribution in [0.3, 0.4) is 0 Å². The van der Waals surface area contributed by atoms with E-state index in [0.29, 0.717) is 10.8 Å². The highest BCUT2D eigenvalue weighted by Crippen LogP contribution is 2.72. The van der Waals surface area contributed by atoms with Crippen LogP contribution in [0.1, 0.15) is 168 Å². The molecule has 5 aliphatic rings. The van der Waals surface area contributed by atoms with E-state index in [1.165, 1.54) is 19.3 Å². The Hall–Kier alpha value is 0. The van der Waals surface area contributed by atoms with Gasteiger partial charge in [-0.3, -0.25) is 0 Å². The van der Waals surface area contributed by atoms with Gasteiger partial charge in [0.2, 0.25) is 0 Å². The Kier molecular flexibility index (Phi) is 15.5. The monoisotopic (exact) mass is 467 g/mol. The SMILES string of the molecule is C.C.C.CC.CC.CC.C[C@@H]1CCC2(C)C3CCC45CCCCC4CCC5C3CC[C@@]2(C)C1. The van der Waals surface area contributed by atoms with Crippen molar-refractivity contribution in [3.63, 3.8) is 0 Å². The van der Waals surface area contributed by atoms with Gasteiger partial charge < -0.3 is 0 Å². The van der Waals surface area contributed by atoms with Crippen molar-refractivity contribution in [3.05, 3.63) is 0 Å². The van der Waals surface area contributed by atoms with Gasteiger partial charge in [0.1, 0.15) is 0 Å². The Bertz CT molecular complexity index is 508. The van der Waals surface area contributed by atoms with Crippen molar-refractivity contribution < 1.29 is 0 Å². The first-order chi connectivity index (χ1) is 14.5. The van der Waals surface area contributed by atoms with Crippen LogP contribution in [-0.4, -0.2) is 0 Å². The first kappa shape index (κ1) is 35.2. The van der Waals surface area contributed by atoms with E-state index in [-0.39, 0.29) is 22.3 Å². The molecule has 202 valence electrons. The summed E-state index contributed by atoms with van der Waals surface area (Å²) < 4.78 is 0. The largest absolute Gasteiger partial charge is 0.0776 e. The molecular weight excluding hydrogens is 396 g/mol. The number of rotatable bonds is 0. The summed E-state index contributed by atoms with van der Waals surface area (Å²) in [6, 6.07) is 0. The summed E-state index contributed by atoms with van der Waals surface area (Å²) >= 11 is 0. The molecule has 0 radical (unpaired) electrons. The first-order valence-corrected chi connectivity index (χ1v) is 14.5. The van der Waals surface area contributed by atoms with E-state index in [9.17, 15) is 0 Å². The molecule has 8 atom stereocenters. The second kappa shape index (κ2) is 14.5. The van der Waals surface area contributed by atoms with E-state index >= 15 is 0 Å². The van der Waals surface area contributed by atoms with E-state index < -0.39 is 0 Å². The maximum atomic E-state index is 2.75. The lowest BCUT2D eigenvalue weighted by Crippen LogP contribution is -2.58. The maximum absolute atomic E-state index is 2.75. The highest BCUT2D eigenvalue weighted by Gasteiger charge is 2.64. The average Bonchev–Trinajstić information content (AvgIpc) is 3.19. The highest BCUT2D eigenvalue weighted by molar-refractivity contribution is 5.13. The molecule has 1 spiro atoms. The van der Waals surface area contributed by atoms with Gasteiger partial charge in [-0.25, -0.2) is 0 Å². The zero-order valence-electron chi connectivity index (χ0n) is 22.6. The van der Waals surface area contributed by atoms with Gasteiger partial charge in [-0.15, -0.1) is 0 Å². The topological polar surface area (TPSA) is 0 Å². The molecule has 0 bridgehead atoms. The van der Waals surface area contributed by atoms with Crippen LogP contribution in [0, 0.1) is 45.8 Å². The molecule has 5 rings (SSSR count). The summed E-state index contributed by atoms with van der Waals surface area (Å²) in [5, 5.41) is 0. The molecule has 0 aromatic rings. The van der Waals surface area contributed by atoms with Gasteiger partial charge >= 0.3 is 0 Å². The molecule has 0 saturated heterocycles. The molecule has 5 fully saturated rings. The summed E-state index contributed by atoms with van der Waals surface area (Å²) in [6.07, 6.45) is 20.4. The summed E-state index contributed by atoms with van der Waals surface area (Å²) in [4.78, 5) is 0. The molecule has 5 saturated carbocycles. The minimum absolute atomic E-state index is 0.